The Balaban J connectivity index is 1.46. The Morgan fingerprint density at radius 1 is 0.870 bits per heavy atom. The summed E-state index contributed by atoms with van der Waals surface area (Å²) >= 11 is 1.52. The number of benzene rings is 3. The SMILES string of the molecule is CSCC[C@@H]1NC(=O)C[C@@H](c2ccccc2)NC(=O)[C@H](C)NC(=O)[C@@H]2C[C@H](NC(=O)c3ccccc3-c3cccc(C)c3)CN2C(=O)[C@H](C(C)C)NC1=O. The molecule has 5 rings (SSSR count). The third-order valence-corrected chi connectivity index (χ3v) is 10.5. The molecule has 0 spiro atoms. The fourth-order valence-corrected chi connectivity index (χ4v) is 7.41. The molecule has 5 N–H and O–H groups in total. The lowest BCUT2D eigenvalue weighted by atomic mass is 9.97. The number of hydrogen-bond acceptors (Lipinski definition) is 7. The predicted octanol–water partition coefficient (Wildman–Crippen LogP) is 3.51. The van der Waals surface area contributed by atoms with Gasteiger partial charge >= 0.3 is 0 Å². The molecule has 0 radical (unpaired) electrons. The number of aryl methyl sites for hydroxylation is 1. The number of nitrogens with zero attached hydrogens (tertiary/aromatic N) is 1. The van der Waals surface area contributed by atoms with E-state index in [4.69, 9.17) is 0 Å². The topological polar surface area (TPSA) is 166 Å². The zero-order valence-electron chi connectivity index (χ0n) is 31.4. The van der Waals surface area contributed by atoms with Gasteiger partial charge in [-0.15, -0.1) is 0 Å². The highest BCUT2D eigenvalue weighted by Gasteiger charge is 2.44. The van der Waals surface area contributed by atoms with Gasteiger partial charge < -0.3 is 31.5 Å². The number of rotatable bonds is 8. The van der Waals surface area contributed by atoms with Crippen molar-refractivity contribution >= 4 is 47.2 Å². The molecule has 12 nitrogen and oxygen atoms in total. The maximum absolute atomic E-state index is 14.4. The average Bonchev–Trinajstić information content (AvgIpc) is 3.58. The number of thioether (sulfide) groups is 1. The maximum Gasteiger partial charge on any atom is 0.252 e. The number of nitrogens with one attached hydrogen (secondary N) is 5. The van der Waals surface area contributed by atoms with Gasteiger partial charge in [0.1, 0.15) is 24.2 Å². The van der Waals surface area contributed by atoms with E-state index in [0.29, 0.717) is 23.3 Å². The largest absolute Gasteiger partial charge is 0.347 e. The molecule has 2 heterocycles. The Morgan fingerprint density at radius 3 is 2.30 bits per heavy atom. The van der Waals surface area contributed by atoms with E-state index in [1.165, 1.54) is 23.6 Å². The van der Waals surface area contributed by atoms with Crippen LogP contribution in [0.2, 0.25) is 0 Å². The number of hydrogen-bond donors (Lipinski definition) is 5. The summed E-state index contributed by atoms with van der Waals surface area (Å²) in [6.07, 6.45) is 2.13. The fourth-order valence-electron chi connectivity index (χ4n) is 6.94. The average molecular weight is 755 g/mol. The third kappa shape index (κ3) is 9.87. The number of fused-ring (bicyclic) bond motifs is 1. The lowest BCUT2D eigenvalue weighted by Gasteiger charge is -2.32. The molecular formula is C41H50N6O6S. The van der Waals surface area contributed by atoms with E-state index in [1.54, 1.807) is 50.2 Å². The summed E-state index contributed by atoms with van der Waals surface area (Å²) in [5, 5.41) is 14.4. The molecular weight excluding hydrogens is 705 g/mol. The molecule has 54 heavy (non-hydrogen) atoms. The lowest BCUT2D eigenvalue weighted by Crippen LogP contribution is -2.59. The van der Waals surface area contributed by atoms with Gasteiger partial charge in [0.2, 0.25) is 29.5 Å². The second-order valence-corrected chi connectivity index (χ2v) is 15.4. The standard InChI is InChI=1S/C41H50N6O6S/c1-24(2)36-41(53)47-23-29(43-38(50)31-17-10-9-16-30(31)28-15-11-12-25(3)20-28)21-34(47)40(52)42-26(4)37(49)45-33(27-13-7-6-8-14-27)22-35(48)44-32(18-19-54-5)39(51)46-36/h6-17,20,24,26,29,32-34,36H,18-19,21-23H2,1-5H3,(H,42,52)(H,43,50)(H,44,48)(H,45,49)(H,46,51)/t26-,29-,32-,33-,34-,36-/m0/s1. The first-order chi connectivity index (χ1) is 25.9. The summed E-state index contributed by atoms with van der Waals surface area (Å²) in [6, 6.07) is 18.7. The molecule has 2 aliphatic rings. The van der Waals surface area contributed by atoms with Crippen molar-refractivity contribution < 1.29 is 28.8 Å². The highest BCUT2D eigenvalue weighted by molar-refractivity contribution is 7.98. The zero-order valence-corrected chi connectivity index (χ0v) is 32.2. The van der Waals surface area contributed by atoms with Crippen LogP contribution in [0.25, 0.3) is 11.1 Å². The molecule has 3 aromatic carbocycles. The Labute approximate surface area is 321 Å². The Kier molecular flexibility index (Phi) is 13.5. The van der Waals surface area contributed by atoms with Gasteiger partial charge in [0.25, 0.3) is 5.91 Å². The van der Waals surface area contributed by atoms with Crippen LogP contribution in [0.4, 0.5) is 0 Å². The summed E-state index contributed by atoms with van der Waals surface area (Å²) in [5.41, 5.74) is 3.81. The first kappa shape index (κ1) is 40.0. The van der Waals surface area contributed by atoms with Gasteiger partial charge in [-0.05, 0) is 67.4 Å². The first-order valence-electron chi connectivity index (χ1n) is 18.4. The van der Waals surface area contributed by atoms with Crippen LogP contribution < -0.4 is 26.6 Å². The van der Waals surface area contributed by atoms with Crippen LogP contribution >= 0.6 is 11.8 Å². The minimum atomic E-state index is -1.05. The van der Waals surface area contributed by atoms with E-state index in [2.05, 4.69) is 26.6 Å². The summed E-state index contributed by atoms with van der Waals surface area (Å²) in [5.74, 6) is -2.76. The van der Waals surface area contributed by atoms with Gasteiger partial charge in [-0.1, -0.05) is 92.2 Å². The van der Waals surface area contributed by atoms with Gasteiger partial charge in [-0.25, -0.2) is 0 Å². The fraction of sp³-hybridized carbons (Fsp3) is 0.415. The zero-order chi connectivity index (χ0) is 38.9. The first-order valence-corrected chi connectivity index (χ1v) is 19.8. The van der Waals surface area contributed by atoms with Crippen molar-refractivity contribution in [3.63, 3.8) is 0 Å². The van der Waals surface area contributed by atoms with Gasteiger partial charge in [0.15, 0.2) is 0 Å². The molecule has 2 saturated heterocycles. The molecule has 0 aliphatic carbocycles. The van der Waals surface area contributed by atoms with E-state index in [0.717, 1.165) is 16.7 Å². The predicted molar refractivity (Wildman–Crippen MR) is 209 cm³/mol. The van der Waals surface area contributed by atoms with Crippen molar-refractivity contribution in [3.8, 4) is 11.1 Å². The summed E-state index contributed by atoms with van der Waals surface area (Å²) < 4.78 is 0. The molecule has 286 valence electrons. The molecule has 2 aliphatic heterocycles. The van der Waals surface area contributed by atoms with Crippen LogP contribution in [0, 0.1) is 12.8 Å². The van der Waals surface area contributed by atoms with E-state index in [9.17, 15) is 28.8 Å². The monoisotopic (exact) mass is 754 g/mol. The maximum atomic E-state index is 14.4. The second-order valence-electron chi connectivity index (χ2n) is 14.4. The molecule has 6 amide bonds. The normalized spacial score (nSPS) is 24.3. The third-order valence-electron chi connectivity index (χ3n) is 9.88. The summed E-state index contributed by atoms with van der Waals surface area (Å²) in [7, 11) is 0. The lowest BCUT2D eigenvalue weighted by molar-refractivity contribution is -0.143. The highest BCUT2D eigenvalue weighted by atomic mass is 32.2. The molecule has 13 heteroatoms. The van der Waals surface area contributed by atoms with Crippen LogP contribution in [-0.2, 0) is 24.0 Å². The van der Waals surface area contributed by atoms with Crippen LogP contribution in [0.3, 0.4) is 0 Å². The Bertz CT molecular complexity index is 1850. The van der Waals surface area contributed by atoms with Gasteiger partial charge in [-0.3, -0.25) is 28.8 Å². The molecule has 3 aromatic rings. The Morgan fingerprint density at radius 2 is 1.59 bits per heavy atom. The van der Waals surface area contributed by atoms with E-state index in [1.807, 2.05) is 55.6 Å². The highest BCUT2D eigenvalue weighted by Crippen LogP contribution is 2.27. The van der Waals surface area contributed by atoms with Gasteiger partial charge in [0.05, 0.1) is 12.5 Å². The van der Waals surface area contributed by atoms with Crippen LogP contribution in [0.5, 0.6) is 0 Å². The smallest absolute Gasteiger partial charge is 0.252 e. The van der Waals surface area contributed by atoms with Crippen molar-refractivity contribution in [2.75, 3.05) is 18.6 Å². The molecule has 0 unspecified atom stereocenters. The van der Waals surface area contributed by atoms with Crippen molar-refractivity contribution in [1.82, 2.24) is 31.5 Å². The van der Waals surface area contributed by atoms with Crippen molar-refractivity contribution in [3.05, 3.63) is 95.6 Å². The van der Waals surface area contributed by atoms with Crippen LogP contribution in [0.15, 0.2) is 78.9 Å². The molecule has 0 saturated carbocycles. The second kappa shape index (κ2) is 18.2. The summed E-state index contributed by atoms with van der Waals surface area (Å²) in [4.78, 5) is 84.6. The van der Waals surface area contributed by atoms with Crippen molar-refractivity contribution in [1.29, 1.82) is 0 Å². The van der Waals surface area contributed by atoms with Crippen LogP contribution in [-0.4, -0.2) is 89.1 Å². The molecule has 6 atom stereocenters. The minimum absolute atomic E-state index is 0.00232. The number of carbonyl (C=O) groups excluding carboxylic acids is 6. The van der Waals surface area contributed by atoms with Gasteiger partial charge in [-0.2, -0.15) is 11.8 Å². The van der Waals surface area contributed by atoms with Crippen molar-refractivity contribution in [2.45, 2.75) is 83.2 Å². The molecule has 0 aromatic heterocycles. The quantitative estimate of drug-likeness (QED) is 0.235. The molecule has 2 fully saturated rings. The molecule has 0 bridgehead atoms. The van der Waals surface area contributed by atoms with E-state index in [-0.39, 0.29) is 31.2 Å². The van der Waals surface area contributed by atoms with Crippen molar-refractivity contribution in [2.24, 2.45) is 5.92 Å². The number of amides is 6. The van der Waals surface area contributed by atoms with Gasteiger partial charge in [0, 0.05) is 18.2 Å². The summed E-state index contributed by atoms with van der Waals surface area (Å²) in [6.45, 7) is 7.10. The minimum Gasteiger partial charge on any atom is -0.347 e. The Hall–Kier alpha value is -5.17. The van der Waals surface area contributed by atoms with Crippen LogP contribution in [0.1, 0.15) is 67.6 Å². The van der Waals surface area contributed by atoms with E-state index >= 15 is 0 Å². The number of carbonyl (C=O) groups is 6. The van der Waals surface area contributed by atoms with E-state index < -0.39 is 65.8 Å².